The van der Waals surface area contributed by atoms with Gasteiger partial charge in [-0.2, -0.15) is 0 Å². The molecule has 0 saturated carbocycles. The second-order valence-electron chi connectivity index (χ2n) is 3.36. The van der Waals surface area contributed by atoms with Crippen LogP contribution in [0.2, 0.25) is 0 Å². The molecular weight excluding hydrogens is 220 g/mol. The first-order valence-electron chi connectivity index (χ1n) is 5.65. The van der Waals surface area contributed by atoms with Crippen LogP contribution in [0, 0.1) is 0 Å². The number of ether oxygens (including phenoxy) is 1. The van der Waals surface area contributed by atoms with E-state index in [-0.39, 0.29) is 5.91 Å². The zero-order chi connectivity index (χ0) is 12.5. The number of carbonyl (C=O) groups is 1. The molecule has 1 aromatic heterocycles. The SMILES string of the molecule is CCOCCCNC(=O)c1ccc(NC)nn1. The lowest BCUT2D eigenvalue weighted by Crippen LogP contribution is -2.26. The summed E-state index contributed by atoms with van der Waals surface area (Å²) in [6, 6.07) is 3.35. The monoisotopic (exact) mass is 238 g/mol. The highest BCUT2D eigenvalue weighted by Gasteiger charge is 2.06. The van der Waals surface area contributed by atoms with E-state index in [0.717, 1.165) is 6.42 Å². The van der Waals surface area contributed by atoms with Gasteiger partial charge in [-0.15, -0.1) is 10.2 Å². The molecule has 0 unspecified atom stereocenters. The highest BCUT2D eigenvalue weighted by Crippen LogP contribution is 2.00. The molecule has 1 heterocycles. The van der Waals surface area contributed by atoms with Gasteiger partial charge in [0.15, 0.2) is 5.69 Å². The first kappa shape index (κ1) is 13.4. The van der Waals surface area contributed by atoms with Gasteiger partial charge in [0.2, 0.25) is 0 Å². The maximum Gasteiger partial charge on any atom is 0.271 e. The maximum absolute atomic E-state index is 11.6. The average Bonchev–Trinajstić information content (AvgIpc) is 2.38. The molecule has 2 N–H and O–H groups in total. The van der Waals surface area contributed by atoms with Gasteiger partial charge in [0.05, 0.1) is 0 Å². The standard InChI is InChI=1S/C11H18N4O2/c1-3-17-8-4-7-13-11(16)9-5-6-10(12-2)15-14-9/h5-6H,3-4,7-8H2,1-2H3,(H,12,15)(H,13,16). The van der Waals surface area contributed by atoms with Crippen molar-refractivity contribution in [3.05, 3.63) is 17.8 Å². The first-order valence-corrected chi connectivity index (χ1v) is 5.65. The Morgan fingerprint density at radius 1 is 1.41 bits per heavy atom. The number of nitrogens with one attached hydrogen (secondary N) is 2. The van der Waals surface area contributed by atoms with E-state index in [9.17, 15) is 4.79 Å². The number of anilines is 1. The summed E-state index contributed by atoms with van der Waals surface area (Å²) in [6.45, 7) is 3.87. The van der Waals surface area contributed by atoms with Crippen molar-refractivity contribution in [1.29, 1.82) is 0 Å². The summed E-state index contributed by atoms with van der Waals surface area (Å²) in [6.07, 6.45) is 0.793. The molecule has 1 amide bonds. The van der Waals surface area contributed by atoms with Gasteiger partial charge in [0, 0.05) is 26.8 Å². The second-order valence-corrected chi connectivity index (χ2v) is 3.36. The lowest BCUT2D eigenvalue weighted by molar-refractivity contribution is 0.0938. The summed E-state index contributed by atoms with van der Waals surface area (Å²) in [5.74, 6) is 0.426. The van der Waals surface area contributed by atoms with Gasteiger partial charge in [-0.05, 0) is 25.5 Å². The fourth-order valence-corrected chi connectivity index (χ4v) is 1.20. The molecule has 17 heavy (non-hydrogen) atoms. The molecule has 0 aliphatic heterocycles. The van der Waals surface area contributed by atoms with E-state index in [2.05, 4.69) is 20.8 Å². The lowest BCUT2D eigenvalue weighted by Gasteiger charge is -2.04. The molecule has 0 spiro atoms. The van der Waals surface area contributed by atoms with Crippen LogP contribution < -0.4 is 10.6 Å². The Kier molecular flexibility index (Phi) is 5.95. The maximum atomic E-state index is 11.6. The van der Waals surface area contributed by atoms with Gasteiger partial charge in [-0.3, -0.25) is 4.79 Å². The van der Waals surface area contributed by atoms with E-state index in [1.165, 1.54) is 0 Å². The van der Waals surface area contributed by atoms with Crippen LogP contribution in [-0.2, 0) is 4.74 Å². The summed E-state index contributed by atoms with van der Waals surface area (Å²) >= 11 is 0. The zero-order valence-corrected chi connectivity index (χ0v) is 10.2. The van der Waals surface area contributed by atoms with Crippen molar-refractivity contribution < 1.29 is 9.53 Å². The molecule has 1 rings (SSSR count). The summed E-state index contributed by atoms with van der Waals surface area (Å²) in [7, 11) is 1.75. The van der Waals surface area contributed by atoms with Crippen LogP contribution in [0.3, 0.4) is 0 Å². The largest absolute Gasteiger partial charge is 0.382 e. The molecule has 0 fully saturated rings. The molecule has 0 aliphatic carbocycles. The minimum atomic E-state index is -0.211. The van der Waals surface area contributed by atoms with Crippen molar-refractivity contribution in [3.63, 3.8) is 0 Å². The molecular formula is C11H18N4O2. The highest BCUT2D eigenvalue weighted by atomic mass is 16.5. The molecule has 6 nitrogen and oxygen atoms in total. The van der Waals surface area contributed by atoms with E-state index in [1.54, 1.807) is 19.2 Å². The number of hydrogen-bond donors (Lipinski definition) is 2. The Hall–Kier alpha value is -1.69. The van der Waals surface area contributed by atoms with Gasteiger partial charge >= 0.3 is 0 Å². The van der Waals surface area contributed by atoms with E-state index < -0.39 is 0 Å². The molecule has 94 valence electrons. The molecule has 1 aromatic rings. The predicted molar refractivity (Wildman–Crippen MR) is 65.0 cm³/mol. The number of rotatable bonds is 7. The minimum absolute atomic E-state index is 0.211. The fourth-order valence-electron chi connectivity index (χ4n) is 1.20. The van der Waals surface area contributed by atoms with Crippen LogP contribution in [0.25, 0.3) is 0 Å². The van der Waals surface area contributed by atoms with Crippen molar-refractivity contribution in [2.45, 2.75) is 13.3 Å². The number of hydrogen-bond acceptors (Lipinski definition) is 5. The molecule has 6 heteroatoms. The van der Waals surface area contributed by atoms with E-state index >= 15 is 0 Å². The van der Waals surface area contributed by atoms with Crippen LogP contribution in [-0.4, -0.2) is 42.9 Å². The Bertz CT molecular complexity index is 340. The van der Waals surface area contributed by atoms with Crippen molar-refractivity contribution in [1.82, 2.24) is 15.5 Å². The van der Waals surface area contributed by atoms with Crippen molar-refractivity contribution in [2.24, 2.45) is 0 Å². The van der Waals surface area contributed by atoms with E-state index in [1.807, 2.05) is 6.92 Å². The third-order valence-electron chi connectivity index (χ3n) is 2.11. The Balaban J connectivity index is 2.31. The van der Waals surface area contributed by atoms with Gasteiger partial charge in [-0.1, -0.05) is 0 Å². The zero-order valence-electron chi connectivity index (χ0n) is 10.2. The molecule has 0 saturated heterocycles. The quantitative estimate of drug-likeness (QED) is 0.683. The molecule has 0 aliphatic rings. The molecule has 0 atom stereocenters. The van der Waals surface area contributed by atoms with Gasteiger partial charge in [-0.25, -0.2) is 0 Å². The summed E-state index contributed by atoms with van der Waals surface area (Å²) in [4.78, 5) is 11.6. The van der Waals surface area contributed by atoms with E-state index in [4.69, 9.17) is 4.74 Å². The second kappa shape index (κ2) is 7.56. The van der Waals surface area contributed by atoms with Crippen LogP contribution in [0.1, 0.15) is 23.8 Å². The van der Waals surface area contributed by atoms with E-state index in [0.29, 0.717) is 31.3 Å². The smallest absolute Gasteiger partial charge is 0.271 e. The Labute approximate surface area is 101 Å². The van der Waals surface area contributed by atoms with Gasteiger partial charge in [0.25, 0.3) is 5.91 Å². The molecule has 0 radical (unpaired) electrons. The van der Waals surface area contributed by atoms with Crippen molar-refractivity contribution in [2.75, 3.05) is 32.1 Å². The van der Waals surface area contributed by atoms with Gasteiger partial charge in [0.1, 0.15) is 5.82 Å². The van der Waals surface area contributed by atoms with Crippen molar-refractivity contribution in [3.8, 4) is 0 Å². The summed E-state index contributed by atoms with van der Waals surface area (Å²) in [5, 5.41) is 13.2. The predicted octanol–water partition coefficient (Wildman–Crippen LogP) is 0.675. The topological polar surface area (TPSA) is 76.1 Å². The average molecular weight is 238 g/mol. The van der Waals surface area contributed by atoms with Crippen LogP contribution >= 0.6 is 0 Å². The van der Waals surface area contributed by atoms with Crippen LogP contribution in [0.15, 0.2) is 12.1 Å². The van der Waals surface area contributed by atoms with Gasteiger partial charge < -0.3 is 15.4 Å². The normalized spacial score (nSPS) is 10.0. The number of aromatic nitrogens is 2. The molecule has 0 bridgehead atoms. The number of amides is 1. The number of nitrogens with zero attached hydrogens (tertiary/aromatic N) is 2. The lowest BCUT2D eigenvalue weighted by atomic mass is 10.3. The third kappa shape index (κ3) is 4.78. The van der Waals surface area contributed by atoms with Crippen molar-refractivity contribution >= 4 is 11.7 Å². The Morgan fingerprint density at radius 2 is 2.24 bits per heavy atom. The van der Waals surface area contributed by atoms with Crippen LogP contribution in [0.4, 0.5) is 5.82 Å². The fraction of sp³-hybridized carbons (Fsp3) is 0.545. The Morgan fingerprint density at radius 3 is 2.82 bits per heavy atom. The highest BCUT2D eigenvalue weighted by molar-refractivity contribution is 5.92. The minimum Gasteiger partial charge on any atom is -0.382 e. The summed E-state index contributed by atoms with van der Waals surface area (Å²) in [5.41, 5.74) is 0.320. The molecule has 0 aromatic carbocycles. The summed E-state index contributed by atoms with van der Waals surface area (Å²) < 4.78 is 5.16. The third-order valence-corrected chi connectivity index (χ3v) is 2.11. The first-order chi connectivity index (χ1) is 8.27. The van der Waals surface area contributed by atoms with Crippen LogP contribution in [0.5, 0.6) is 0 Å². The number of carbonyl (C=O) groups excluding carboxylic acids is 1.